The summed E-state index contributed by atoms with van der Waals surface area (Å²) in [6, 6.07) is 5.77. The molecular weight excluding hydrogens is 294 g/mol. The van der Waals surface area contributed by atoms with Crippen molar-refractivity contribution in [3.05, 3.63) is 29.8 Å². The van der Waals surface area contributed by atoms with E-state index in [1.54, 1.807) is 19.1 Å². The number of benzene rings is 1. The third-order valence-corrected chi connectivity index (χ3v) is 4.63. The standard InChI is InChI=1S/C13H19N3O4S/c1-13(8-20-7-11(13)14)12(17)16-6-9-3-2-4-10(5-9)21(15,18)19/h2-5,11H,6-8,14H2,1H3,(H,16,17)(H2,15,18,19). The van der Waals surface area contributed by atoms with E-state index in [-0.39, 0.29) is 30.0 Å². The lowest BCUT2D eigenvalue weighted by Crippen LogP contribution is -2.49. The zero-order valence-electron chi connectivity index (χ0n) is 11.7. The minimum absolute atomic E-state index is 0.0151. The molecular formula is C13H19N3O4S. The number of carbonyl (C=O) groups is 1. The Hall–Kier alpha value is -1.48. The van der Waals surface area contributed by atoms with Gasteiger partial charge in [0.1, 0.15) is 0 Å². The third kappa shape index (κ3) is 3.41. The van der Waals surface area contributed by atoms with Gasteiger partial charge in [-0.3, -0.25) is 4.79 Å². The van der Waals surface area contributed by atoms with E-state index >= 15 is 0 Å². The highest BCUT2D eigenvalue weighted by Gasteiger charge is 2.44. The Bertz CT molecular complexity index is 647. The Kier molecular flexibility index (Phi) is 4.33. The van der Waals surface area contributed by atoms with Crippen LogP contribution in [0.4, 0.5) is 0 Å². The molecule has 2 unspecified atom stereocenters. The Morgan fingerprint density at radius 2 is 2.24 bits per heavy atom. The lowest BCUT2D eigenvalue weighted by atomic mass is 9.85. The summed E-state index contributed by atoms with van der Waals surface area (Å²) >= 11 is 0. The zero-order chi connectivity index (χ0) is 15.7. The van der Waals surface area contributed by atoms with Crippen LogP contribution in [0.2, 0.25) is 0 Å². The molecule has 0 bridgehead atoms. The number of hydrogen-bond donors (Lipinski definition) is 3. The van der Waals surface area contributed by atoms with Crippen molar-refractivity contribution in [3.63, 3.8) is 0 Å². The van der Waals surface area contributed by atoms with Crippen LogP contribution >= 0.6 is 0 Å². The molecule has 1 fully saturated rings. The van der Waals surface area contributed by atoms with Gasteiger partial charge in [-0.25, -0.2) is 13.6 Å². The molecule has 1 saturated heterocycles. The molecule has 1 aliphatic rings. The van der Waals surface area contributed by atoms with Crippen LogP contribution in [0.15, 0.2) is 29.2 Å². The average molecular weight is 313 g/mol. The molecule has 0 saturated carbocycles. The number of rotatable bonds is 4. The first kappa shape index (κ1) is 15.9. The lowest BCUT2D eigenvalue weighted by Gasteiger charge is -2.25. The topological polar surface area (TPSA) is 125 Å². The highest BCUT2D eigenvalue weighted by molar-refractivity contribution is 7.89. The van der Waals surface area contributed by atoms with Crippen LogP contribution in [0.1, 0.15) is 12.5 Å². The van der Waals surface area contributed by atoms with Crippen molar-refractivity contribution in [2.24, 2.45) is 16.3 Å². The number of nitrogens with one attached hydrogen (secondary N) is 1. The van der Waals surface area contributed by atoms with Gasteiger partial charge in [0, 0.05) is 12.6 Å². The quantitative estimate of drug-likeness (QED) is 0.679. The Balaban J connectivity index is 2.05. The van der Waals surface area contributed by atoms with E-state index in [9.17, 15) is 13.2 Å². The predicted octanol–water partition coefficient (Wildman–Crippen LogP) is -0.686. The van der Waals surface area contributed by atoms with Crippen molar-refractivity contribution in [2.45, 2.75) is 24.4 Å². The van der Waals surface area contributed by atoms with Gasteiger partial charge in [-0.15, -0.1) is 0 Å². The molecule has 21 heavy (non-hydrogen) atoms. The molecule has 8 heteroatoms. The van der Waals surface area contributed by atoms with E-state index in [2.05, 4.69) is 5.32 Å². The van der Waals surface area contributed by atoms with Crippen molar-refractivity contribution in [2.75, 3.05) is 13.2 Å². The normalized spacial score (nSPS) is 25.8. The molecule has 2 atom stereocenters. The summed E-state index contributed by atoms with van der Waals surface area (Å²) in [5, 5.41) is 7.83. The first-order valence-corrected chi connectivity index (χ1v) is 8.01. The molecule has 0 radical (unpaired) electrons. The van der Waals surface area contributed by atoms with E-state index in [0.717, 1.165) is 0 Å². The fraction of sp³-hybridized carbons (Fsp3) is 0.462. The molecule has 0 spiro atoms. The maximum absolute atomic E-state index is 12.2. The van der Waals surface area contributed by atoms with Crippen LogP contribution in [0.3, 0.4) is 0 Å². The maximum Gasteiger partial charge on any atom is 0.238 e. The highest BCUT2D eigenvalue weighted by Crippen LogP contribution is 2.27. The fourth-order valence-corrected chi connectivity index (χ4v) is 2.72. The number of sulfonamides is 1. The lowest BCUT2D eigenvalue weighted by molar-refractivity contribution is -0.130. The monoisotopic (exact) mass is 313 g/mol. The second-order valence-electron chi connectivity index (χ2n) is 5.41. The molecule has 7 nitrogen and oxygen atoms in total. The van der Waals surface area contributed by atoms with E-state index in [4.69, 9.17) is 15.6 Å². The largest absolute Gasteiger partial charge is 0.379 e. The second kappa shape index (κ2) is 5.72. The molecule has 1 aliphatic heterocycles. The van der Waals surface area contributed by atoms with Crippen LogP contribution in [0.25, 0.3) is 0 Å². The first-order chi connectivity index (χ1) is 9.73. The van der Waals surface area contributed by atoms with Gasteiger partial charge in [-0.1, -0.05) is 12.1 Å². The molecule has 5 N–H and O–H groups in total. The van der Waals surface area contributed by atoms with Crippen molar-refractivity contribution in [1.29, 1.82) is 0 Å². The van der Waals surface area contributed by atoms with Crippen LogP contribution in [-0.2, 0) is 26.1 Å². The Morgan fingerprint density at radius 3 is 2.81 bits per heavy atom. The summed E-state index contributed by atoms with van der Waals surface area (Å²) in [6.45, 7) is 2.58. The smallest absolute Gasteiger partial charge is 0.238 e. The number of primary sulfonamides is 1. The summed E-state index contributed by atoms with van der Waals surface area (Å²) in [7, 11) is -3.75. The average Bonchev–Trinajstić information content (AvgIpc) is 2.77. The molecule has 2 rings (SSSR count). The van der Waals surface area contributed by atoms with Crippen LogP contribution in [0.5, 0.6) is 0 Å². The number of carbonyl (C=O) groups excluding carboxylic acids is 1. The van der Waals surface area contributed by atoms with Crippen molar-refractivity contribution >= 4 is 15.9 Å². The van der Waals surface area contributed by atoms with Crippen molar-refractivity contribution in [3.8, 4) is 0 Å². The minimum Gasteiger partial charge on any atom is -0.379 e. The zero-order valence-corrected chi connectivity index (χ0v) is 12.5. The molecule has 1 heterocycles. The molecule has 0 aromatic heterocycles. The van der Waals surface area contributed by atoms with E-state index < -0.39 is 15.4 Å². The number of hydrogen-bond acceptors (Lipinski definition) is 5. The van der Waals surface area contributed by atoms with Crippen LogP contribution in [0, 0.1) is 5.41 Å². The third-order valence-electron chi connectivity index (χ3n) is 3.72. The minimum atomic E-state index is -3.75. The summed E-state index contributed by atoms with van der Waals surface area (Å²) in [5.74, 6) is -0.214. The highest BCUT2D eigenvalue weighted by atomic mass is 32.2. The fourth-order valence-electron chi connectivity index (χ4n) is 2.14. The van der Waals surface area contributed by atoms with Crippen molar-refractivity contribution < 1.29 is 17.9 Å². The summed E-state index contributed by atoms with van der Waals surface area (Å²) in [5.41, 5.74) is 5.76. The molecule has 0 aliphatic carbocycles. The van der Waals surface area contributed by atoms with Gasteiger partial charge >= 0.3 is 0 Å². The second-order valence-corrected chi connectivity index (χ2v) is 6.98. The summed E-state index contributed by atoms with van der Waals surface area (Å²) < 4.78 is 27.8. The predicted molar refractivity (Wildman–Crippen MR) is 76.6 cm³/mol. The Labute approximate surface area is 123 Å². The number of nitrogens with two attached hydrogens (primary N) is 2. The SMILES string of the molecule is CC1(C(=O)NCc2cccc(S(N)(=O)=O)c2)COCC1N. The van der Waals surface area contributed by atoms with Crippen molar-refractivity contribution in [1.82, 2.24) is 5.32 Å². The maximum atomic E-state index is 12.2. The molecule has 1 aromatic carbocycles. The first-order valence-electron chi connectivity index (χ1n) is 6.47. The molecule has 116 valence electrons. The van der Waals surface area contributed by atoms with E-state index in [1.165, 1.54) is 12.1 Å². The molecule has 1 aromatic rings. The van der Waals surface area contributed by atoms with Crippen LogP contribution < -0.4 is 16.2 Å². The van der Waals surface area contributed by atoms with E-state index in [0.29, 0.717) is 12.2 Å². The number of ether oxygens (including phenoxy) is 1. The molecule has 1 amide bonds. The summed E-state index contributed by atoms with van der Waals surface area (Å²) in [6.07, 6.45) is 0. The van der Waals surface area contributed by atoms with Gasteiger partial charge in [-0.2, -0.15) is 0 Å². The van der Waals surface area contributed by atoms with Gasteiger partial charge in [-0.05, 0) is 24.6 Å². The van der Waals surface area contributed by atoms with Gasteiger partial charge < -0.3 is 15.8 Å². The number of amides is 1. The van der Waals surface area contributed by atoms with Gasteiger partial charge in [0.2, 0.25) is 15.9 Å². The van der Waals surface area contributed by atoms with Crippen LogP contribution in [-0.4, -0.2) is 33.6 Å². The Morgan fingerprint density at radius 1 is 1.52 bits per heavy atom. The van der Waals surface area contributed by atoms with E-state index in [1.807, 2.05) is 0 Å². The van der Waals surface area contributed by atoms with Gasteiger partial charge in [0.05, 0.1) is 23.5 Å². The van der Waals surface area contributed by atoms with Gasteiger partial charge in [0.15, 0.2) is 0 Å². The summed E-state index contributed by atoms with van der Waals surface area (Å²) in [4.78, 5) is 12.2. The van der Waals surface area contributed by atoms with Gasteiger partial charge in [0.25, 0.3) is 0 Å².